The molecule has 8 nitrogen and oxygen atoms in total. The van der Waals surface area contributed by atoms with Gasteiger partial charge in [-0.15, -0.1) is 0 Å². The number of fused-ring (bicyclic) bond motifs is 1. The van der Waals surface area contributed by atoms with E-state index in [-0.39, 0.29) is 5.92 Å². The molecule has 1 saturated heterocycles. The van der Waals surface area contributed by atoms with Crippen molar-refractivity contribution in [2.75, 3.05) is 55.2 Å². The summed E-state index contributed by atoms with van der Waals surface area (Å²) in [6.07, 6.45) is 4.39. The summed E-state index contributed by atoms with van der Waals surface area (Å²) in [6, 6.07) is 17.1. The van der Waals surface area contributed by atoms with Gasteiger partial charge in [-0.05, 0) is 62.2 Å². The molecule has 0 spiro atoms. The van der Waals surface area contributed by atoms with Crippen molar-refractivity contribution in [2.45, 2.75) is 31.6 Å². The van der Waals surface area contributed by atoms with Crippen molar-refractivity contribution in [1.82, 2.24) is 4.90 Å². The molecular formula is C34H39NO7. The van der Waals surface area contributed by atoms with Crippen LogP contribution < -0.4 is 29.3 Å². The van der Waals surface area contributed by atoms with Gasteiger partial charge in [0.2, 0.25) is 5.75 Å². The molecule has 0 amide bonds. The summed E-state index contributed by atoms with van der Waals surface area (Å²) in [7, 11) is 8.05. The Hall–Kier alpha value is -4.17. The predicted octanol–water partition coefficient (Wildman–Crippen LogP) is 6.51. The maximum atomic E-state index is 13.2. The van der Waals surface area contributed by atoms with Crippen LogP contribution in [0.25, 0.3) is 22.1 Å². The van der Waals surface area contributed by atoms with Crippen LogP contribution in [0, 0.1) is 0 Å². The summed E-state index contributed by atoms with van der Waals surface area (Å²) >= 11 is 0. The molecule has 0 unspecified atom stereocenters. The molecule has 0 bridgehead atoms. The van der Waals surface area contributed by atoms with Gasteiger partial charge in [0.1, 0.15) is 17.1 Å². The van der Waals surface area contributed by atoms with Gasteiger partial charge in [0, 0.05) is 29.2 Å². The molecule has 222 valence electrons. The van der Waals surface area contributed by atoms with Crippen molar-refractivity contribution in [3.63, 3.8) is 0 Å². The van der Waals surface area contributed by atoms with E-state index >= 15 is 0 Å². The third-order valence-corrected chi connectivity index (χ3v) is 8.13. The standard InChI is InChI=1S/C34H39NO7/c1-37-26-21-27(38-2)32-25(22-12-8-6-9-13-22)20-30(36)42-34(32)31(26)24(14-17-35-15-10-7-11-16-35)23-18-28(39-3)33(41-5)29(19-23)40-4/h6,8-9,12-13,18-21,24H,7,10-11,14-17H2,1-5H3/t24-/m1/s1. The van der Waals surface area contributed by atoms with Gasteiger partial charge in [-0.1, -0.05) is 36.8 Å². The van der Waals surface area contributed by atoms with Gasteiger partial charge in [0.15, 0.2) is 11.5 Å². The Morgan fingerprint density at radius 1 is 0.762 bits per heavy atom. The van der Waals surface area contributed by atoms with E-state index in [0.717, 1.165) is 53.7 Å². The Morgan fingerprint density at radius 3 is 2.00 bits per heavy atom. The van der Waals surface area contributed by atoms with Crippen LogP contribution >= 0.6 is 0 Å². The van der Waals surface area contributed by atoms with Crippen LogP contribution in [0.4, 0.5) is 0 Å². The van der Waals surface area contributed by atoms with Crippen molar-refractivity contribution in [3.8, 4) is 39.9 Å². The molecular weight excluding hydrogens is 534 g/mol. The van der Waals surface area contributed by atoms with Crippen LogP contribution in [0.1, 0.15) is 42.7 Å². The van der Waals surface area contributed by atoms with E-state index in [2.05, 4.69) is 4.90 Å². The number of ether oxygens (including phenoxy) is 5. The molecule has 0 N–H and O–H groups in total. The van der Waals surface area contributed by atoms with Gasteiger partial charge in [-0.3, -0.25) is 0 Å². The van der Waals surface area contributed by atoms with Crippen LogP contribution in [-0.4, -0.2) is 60.1 Å². The van der Waals surface area contributed by atoms with Crippen molar-refractivity contribution >= 4 is 11.0 Å². The highest BCUT2D eigenvalue weighted by Crippen LogP contribution is 2.48. The van der Waals surface area contributed by atoms with Crippen molar-refractivity contribution in [3.05, 3.63) is 76.1 Å². The monoisotopic (exact) mass is 573 g/mol. The number of hydrogen-bond donors (Lipinski definition) is 0. The Labute approximate surface area is 246 Å². The number of methoxy groups -OCH3 is 5. The maximum absolute atomic E-state index is 13.2. The molecule has 8 heteroatoms. The van der Waals surface area contributed by atoms with E-state index in [0.29, 0.717) is 34.3 Å². The molecule has 1 aliphatic heterocycles. The summed E-state index contributed by atoms with van der Waals surface area (Å²) in [5.74, 6) is 2.52. The van der Waals surface area contributed by atoms with Crippen LogP contribution in [0.2, 0.25) is 0 Å². The zero-order chi connectivity index (χ0) is 29.6. The molecule has 2 heterocycles. The minimum atomic E-state index is -0.447. The Morgan fingerprint density at radius 2 is 1.40 bits per heavy atom. The Balaban J connectivity index is 1.80. The molecule has 0 radical (unpaired) electrons. The number of rotatable bonds is 11. The fourth-order valence-electron chi connectivity index (χ4n) is 6.09. The summed E-state index contributed by atoms with van der Waals surface area (Å²) in [5.41, 5.74) is 3.32. The summed E-state index contributed by atoms with van der Waals surface area (Å²) in [6.45, 7) is 2.99. The third-order valence-electron chi connectivity index (χ3n) is 8.13. The normalized spacial score (nSPS) is 14.4. The second-order valence-corrected chi connectivity index (χ2v) is 10.4. The molecule has 3 aromatic carbocycles. The average Bonchev–Trinajstić information content (AvgIpc) is 3.04. The highest BCUT2D eigenvalue weighted by Gasteiger charge is 2.30. The minimum Gasteiger partial charge on any atom is -0.496 e. The number of nitrogens with zero attached hydrogens (tertiary/aromatic N) is 1. The lowest BCUT2D eigenvalue weighted by atomic mass is 9.85. The summed E-state index contributed by atoms with van der Waals surface area (Å²) in [4.78, 5) is 15.7. The quantitative estimate of drug-likeness (QED) is 0.188. The number of piperidine rings is 1. The molecule has 1 aromatic heterocycles. The summed E-state index contributed by atoms with van der Waals surface area (Å²) < 4.78 is 35.0. The van der Waals surface area contributed by atoms with Crippen LogP contribution in [0.3, 0.4) is 0 Å². The van der Waals surface area contributed by atoms with E-state index in [1.807, 2.05) is 48.5 Å². The molecule has 1 aliphatic rings. The minimum absolute atomic E-state index is 0.238. The first kappa shape index (κ1) is 29.3. The van der Waals surface area contributed by atoms with E-state index in [4.69, 9.17) is 28.1 Å². The Bertz CT molecular complexity index is 1550. The zero-order valence-electron chi connectivity index (χ0n) is 25.0. The largest absolute Gasteiger partial charge is 0.496 e. The maximum Gasteiger partial charge on any atom is 0.336 e. The van der Waals surface area contributed by atoms with Crippen molar-refractivity contribution in [2.24, 2.45) is 0 Å². The van der Waals surface area contributed by atoms with Crippen molar-refractivity contribution < 1.29 is 28.1 Å². The lowest BCUT2D eigenvalue weighted by Crippen LogP contribution is -2.31. The number of likely N-dealkylation sites (tertiary alicyclic amines) is 1. The molecule has 4 aromatic rings. The van der Waals surface area contributed by atoms with Gasteiger partial charge in [0.05, 0.1) is 40.9 Å². The highest BCUT2D eigenvalue weighted by molar-refractivity contribution is 6.00. The molecule has 42 heavy (non-hydrogen) atoms. The van der Waals surface area contributed by atoms with Gasteiger partial charge in [-0.2, -0.15) is 0 Å². The van der Waals surface area contributed by atoms with Crippen LogP contribution in [0.15, 0.2) is 63.8 Å². The molecule has 0 aliphatic carbocycles. The van der Waals surface area contributed by atoms with Gasteiger partial charge in [0.25, 0.3) is 0 Å². The van der Waals surface area contributed by atoms with E-state index < -0.39 is 5.63 Å². The fraction of sp³-hybridized carbons (Fsp3) is 0.382. The Kier molecular flexibility index (Phi) is 9.22. The van der Waals surface area contributed by atoms with E-state index in [1.54, 1.807) is 35.5 Å². The predicted molar refractivity (Wildman–Crippen MR) is 164 cm³/mol. The first-order valence-electron chi connectivity index (χ1n) is 14.3. The zero-order valence-corrected chi connectivity index (χ0v) is 25.0. The molecule has 0 saturated carbocycles. The van der Waals surface area contributed by atoms with Crippen LogP contribution in [-0.2, 0) is 0 Å². The lowest BCUT2D eigenvalue weighted by Gasteiger charge is -2.30. The molecule has 1 fully saturated rings. The SMILES string of the molecule is COc1cc([C@@H](CCN2CCCCC2)c2c(OC)cc(OC)c3c(-c4ccccc4)cc(=O)oc23)cc(OC)c1OC. The second kappa shape index (κ2) is 13.2. The van der Waals surface area contributed by atoms with Gasteiger partial charge >= 0.3 is 5.63 Å². The van der Waals surface area contributed by atoms with Crippen molar-refractivity contribution in [1.29, 1.82) is 0 Å². The third kappa shape index (κ3) is 5.77. The van der Waals surface area contributed by atoms with Gasteiger partial charge < -0.3 is 33.0 Å². The topological polar surface area (TPSA) is 79.6 Å². The first-order chi connectivity index (χ1) is 20.5. The fourth-order valence-corrected chi connectivity index (χ4v) is 6.09. The number of benzene rings is 3. The molecule has 5 rings (SSSR count). The van der Waals surface area contributed by atoms with E-state index in [1.165, 1.54) is 25.3 Å². The average molecular weight is 574 g/mol. The first-order valence-corrected chi connectivity index (χ1v) is 14.3. The van der Waals surface area contributed by atoms with Gasteiger partial charge in [-0.25, -0.2) is 4.79 Å². The second-order valence-electron chi connectivity index (χ2n) is 10.4. The van der Waals surface area contributed by atoms with E-state index in [9.17, 15) is 4.79 Å². The molecule has 1 atom stereocenters. The highest BCUT2D eigenvalue weighted by atomic mass is 16.5. The smallest absolute Gasteiger partial charge is 0.336 e. The van der Waals surface area contributed by atoms with Crippen LogP contribution in [0.5, 0.6) is 28.7 Å². The summed E-state index contributed by atoms with van der Waals surface area (Å²) in [5, 5.41) is 0.717. The number of hydrogen-bond acceptors (Lipinski definition) is 8. The lowest BCUT2D eigenvalue weighted by molar-refractivity contribution is 0.223.